The number of nitrogens with zero attached hydrogens (tertiary/aromatic N) is 4. The summed E-state index contributed by atoms with van der Waals surface area (Å²) < 4.78 is 9.41. The number of hydrogen-bond donors (Lipinski definition) is 4. The van der Waals surface area contributed by atoms with Crippen LogP contribution in [-0.2, 0) is 19.1 Å². The highest BCUT2D eigenvalue weighted by molar-refractivity contribution is 5.93. The number of nitrogens with one attached hydrogen (secondary N) is 2. The first-order valence-corrected chi connectivity index (χ1v) is 12.0. The molecule has 1 heterocycles. The fraction of sp³-hybridized carbons (Fsp3) is 0.360. The predicted molar refractivity (Wildman–Crippen MR) is 141 cm³/mol. The Morgan fingerprint density at radius 1 is 0.795 bits per heavy atom. The zero-order chi connectivity index (χ0) is 28.6. The highest BCUT2D eigenvalue weighted by Crippen LogP contribution is 2.20. The number of hydrogen-bond acceptors (Lipinski definition) is 9. The molecule has 0 radical (unpaired) electrons. The third-order valence-electron chi connectivity index (χ3n) is 6.35. The van der Waals surface area contributed by atoms with Gasteiger partial charge < -0.3 is 14.0 Å². The molecule has 0 atom stereocenters. The van der Waals surface area contributed by atoms with E-state index in [0.717, 1.165) is 0 Å². The van der Waals surface area contributed by atoms with Crippen LogP contribution in [0.3, 0.4) is 0 Å². The van der Waals surface area contributed by atoms with Crippen molar-refractivity contribution in [3.05, 3.63) is 48.5 Å². The van der Waals surface area contributed by atoms with Gasteiger partial charge in [-0.25, -0.2) is 9.59 Å². The van der Waals surface area contributed by atoms with Crippen molar-refractivity contribution in [1.29, 1.82) is 0 Å². The molecule has 1 aliphatic rings. The zero-order valence-electron chi connectivity index (χ0n) is 22.0. The van der Waals surface area contributed by atoms with E-state index in [9.17, 15) is 29.6 Å². The number of piperazine rings is 1. The minimum absolute atomic E-state index is 0.0231. The van der Waals surface area contributed by atoms with E-state index in [0.29, 0.717) is 52.2 Å². The number of methoxy groups -OCH3 is 2. The molecule has 1 fully saturated rings. The second-order valence-electron chi connectivity index (χ2n) is 9.24. The Hall–Kier alpha value is -4.24. The summed E-state index contributed by atoms with van der Waals surface area (Å²) in [5.41, 5.74) is 1.40. The van der Waals surface area contributed by atoms with E-state index >= 15 is 0 Å². The lowest BCUT2D eigenvalue weighted by atomic mass is 10.2. The monoisotopic (exact) mass is 545 g/mol. The third-order valence-corrected chi connectivity index (χ3v) is 6.35. The first-order chi connectivity index (χ1) is 18.5. The molecule has 39 heavy (non-hydrogen) atoms. The summed E-state index contributed by atoms with van der Waals surface area (Å²) in [4.78, 5) is 49.8. The van der Waals surface area contributed by atoms with Crippen molar-refractivity contribution in [3.8, 4) is 0 Å². The summed E-state index contributed by atoms with van der Waals surface area (Å²) in [7, 11) is 4.39. The summed E-state index contributed by atoms with van der Waals surface area (Å²) in [5.74, 6) is -1.02. The lowest BCUT2D eigenvalue weighted by molar-refractivity contribution is -0.906. The Morgan fingerprint density at radius 3 is 1.62 bits per heavy atom. The highest BCUT2D eigenvalue weighted by atomic mass is 16.5. The van der Waals surface area contributed by atoms with Crippen molar-refractivity contribution >= 4 is 46.8 Å². The van der Waals surface area contributed by atoms with E-state index in [2.05, 4.69) is 20.1 Å². The number of benzene rings is 2. The van der Waals surface area contributed by atoms with Crippen LogP contribution >= 0.6 is 0 Å². The second-order valence-corrected chi connectivity index (χ2v) is 9.24. The molecule has 4 N–H and O–H groups in total. The molecule has 3 rings (SSSR count). The Bertz CT molecular complexity index is 1170. The Labute approximate surface area is 225 Å². The van der Waals surface area contributed by atoms with Gasteiger partial charge in [-0.15, -0.1) is 0 Å². The number of ether oxygens (including phenoxy) is 2. The van der Waals surface area contributed by atoms with Crippen molar-refractivity contribution in [2.75, 3.05) is 81.3 Å². The second kappa shape index (κ2) is 13.0. The summed E-state index contributed by atoms with van der Waals surface area (Å²) in [6, 6.07) is 12.1. The summed E-state index contributed by atoms with van der Waals surface area (Å²) in [6.45, 7) is 2.13. The molecule has 1 saturated heterocycles. The quantitative estimate of drug-likeness (QED) is 0.221. The predicted octanol–water partition coefficient (Wildman–Crippen LogP) is 1.95. The first-order valence-electron chi connectivity index (χ1n) is 12.0. The maximum absolute atomic E-state index is 12.8. The fourth-order valence-electron chi connectivity index (χ4n) is 3.95. The van der Waals surface area contributed by atoms with Crippen LogP contribution in [0.15, 0.2) is 48.5 Å². The van der Waals surface area contributed by atoms with Gasteiger partial charge in [0.2, 0.25) is 0 Å². The minimum Gasteiger partial charge on any atom is -0.453 e. The normalized spacial score (nSPS) is 14.6. The number of likely N-dealkylation sites (N-methyl/N-ethyl adjacent to an activating group) is 1. The maximum Gasteiger partial charge on any atom is 0.411 e. The number of hydroxylamine groups is 2. The van der Waals surface area contributed by atoms with Gasteiger partial charge in [0, 0.05) is 24.5 Å². The minimum atomic E-state index is -0.632. The Kier molecular flexibility index (Phi) is 9.78. The van der Waals surface area contributed by atoms with Gasteiger partial charge in [-0.3, -0.25) is 35.5 Å². The van der Waals surface area contributed by atoms with Crippen molar-refractivity contribution < 1.29 is 43.5 Å². The van der Waals surface area contributed by atoms with Crippen LogP contribution < -0.4 is 20.8 Å². The molecule has 14 nitrogen and oxygen atoms in total. The van der Waals surface area contributed by atoms with Gasteiger partial charge in [0.15, 0.2) is 6.54 Å². The van der Waals surface area contributed by atoms with E-state index in [1.807, 2.05) is 11.9 Å². The number of quaternary nitrogens is 1. The van der Waals surface area contributed by atoms with E-state index in [1.165, 1.54) is 62.8 Å². The van der Waals surface area contributed by atoms with Crippen LogP contribution in [0.1, 0.15) is 0 Å². The van der Waals surface area contributed by atoms with Gasteiger partial charge >= 0.3 is 18.1 Å². The van der Waals surface area contributed by atoms with Crippen molar-refractivity contribution in [1.82, 2.24) is 4.90 Å². The summed E-state index contributed by atoms with van der Waals surface area (Å²) in [5, 5.41) is 26.9. The Balaban J connectivity index is 1.48. The van der Waals surface area contributed by atoms with Gasteiger partial charge in [0.05, 0.1) is 52.3 Å². The van der Waals surface area contributed by atoms with Crippen molar-refractivity contribution in [3.63, 3.8) is 0 Å². The van der Waals surface area contributed by atoms with Gasteiger partial charge in [0.25, 0.3) is 5.91 Å². The molecule has 0 spiro atoms. The number of carbonyl (C=O) groups is 4. The van der Waals surface area contributed by atoms with Gasteiger partial charge in [-0.1, -0.05) is 0 Å². The van der Waals surface area contributed by atoms with Crippen LogP contribution in [0.4, 0.5) is 32.3 Å². The van der Waals surface area contributed by atoms with Crippen LogP contribution in [-0.4, -0.2) is 104 Å². The van der Waals surface area contributed by atoms with Gasteiger partial charge in [0.1, 0.15) is 0 Å². The van der Waals surface area contributed by atoms with Crippen molar-refractivity contribution in [2.45, 2.75) is 0 Å². The van der Waals surface area contributed by atoms with Crippen molar-refractivity contribution in [2.24, 2.45) is 0 Å². The van der Waals surface area contributed by atoms with Crippen LogP contribution in [0, 0.1) is 0 Å². The van der Waals surface area contributed by atoms with Crippen LogP contribution in [0.5, 0.6) is 0 Å². The average Bonchev–Trinajstić information content (AvgIpc) is 2.94. The van der Waals surface area contributed by atoms with E-state index in [-0.39, 0.29) is 24.5 Å². The van der Waals surface area contributed by atoms with Crippen LogP contribution in [0.2, 0.25) is 0 Å². The van der Waals surface area contributed by atoms with E-state index in [1.54, 1.807) is 0 Å². The topological polar surface area (TPSA) is 161 Å². The molecular weight excluding hydrogens is 512 g/mol. The molecule has 0 unspecified atom stereocenters. The van der Waals surface area contributed by atoms with Crippen LogP contribution in [0.25, 0.3) is 0 Å². The summed E-state index contributed by atoms with van der Waals surface area (Å²) in [6.07, 6.45) is -1.26. The smallest absolute Gasteiger partial charge is 0.411 e. The molecule has 4 amide bonds. The molecule has 210 valence electrons. The SMILES string of the molecule is COC(=O)Nc1ccc(N(O)C(=O)CN2CC[N+](C)(CC(=O)N(O)c3ccc(NC(=O)OC)cc3)CC2)cc1. The van der Waals surface area contributed by atoms with Gasteiger partial charge in [-0.2, -0.15) is 10.1 Å². The molecule has 2 aromatic rings. The molecule has 0 aliphatic carbocycles. The van der Waals surface area contributed by atoms with Gasteiger partial charge in [-0.05, 0) is 48.5 Å². The lowest BCUT2D eigenvalue weighted by Crippen LogP contribution is -2.61. The molecule has 0 aromatic heterocycles. The molecular formula is C25H33N6O8+. The average molecular weight is 546 g/mol. The highest BCUT2D eigenvalue weighted by Gasteiger charge is 2.34. The largest absolute Gasteiger partial charge is 0.453 e. The molecule has 0 bridgehead atoms. The van der Waals surface area contributed by atoms with E-state index in [4.69, 9.17) is 0 Å². The molecule has 14 heteroatoms. The standard InChI is InChI=1S/C25H32N6O8/c1-31(17-23(33)30(37)21-10-6-19(7-11-21)27-25(35)39-3)14-12-28(13-15-31)16-22(32)29(36)20-8-4-18(5-9-20)26-24(34)38-2/h4-11,36-37H,12-17H2,1-3H3,(H-,26,27,34,35)/p+1. The number of amides is 4. The maximum atomic E-state index is 12.8. The zero-order valence-corrected chi connectivity index (χ0v) is 22.0. The number of anilines is 4. The fourth-order valence-corrected chi connectivity index (χ4v) is 3.95. The lowest BCUT2D eigenvalue weighted by Gasteiger charge is -2.41. The van der Waals surface area contributed by atoms with E-state index < -0.39 is 24.0 Å². The number of rotatable bonds is 8. The third kappa shape index (κ3) is 8.12. The Morgan fingerprint density at radius 2 is 1.21 bits per heavy atom. The molecule has 1 aliphatic heterocycles. The number of carbonyl (C=O) groups excluding carboxylic acids is 4. The summed E-state index contributed by atoms with van der Waals surface area (Å²) >= 11 is 0. The molecule has 0 saturated carbocycles. The first kappa shape index (κ1) is 29.3. The molecule has 2 aromatic carbocycles.